The molecule has 2 N–H and O–H groups in total. The summed E-state index contributed by atoms with van der Waals surface area (Å²) in [5, 5.41) is 2.79. The van der Waals surface area contributed by atoms with E-state index in [0.717, 1.165) is 5.56 Å². The zero-order valence-corrected chi connectivity index (χ0v) is 16.0. The van der Waals surface area contributed by atoms with E-state index in [1.165, 1.54) is 16.2 Å². The molecule has 2 heterocycles. The molecule has 1 aliphatic heterocycles. The van der Waals surface area contributed by atoms with E-state index in [2.05, 4.69) is 4.98 Å². The molecule has 2 aromatic rings. The molecular weight excluding hydrogens is 390 g/mol. The van der Waals surface area contributed by atoms with Gasteiger partial charge in [0.1, 0.15) is 5.01 Å². The highest BCUT2D eigenvalue weighted by atomic mass is 35.5. The van der Waals surface area contributed by atoms with Gasteiger partial charge in [0.15, 0.2) is 12.3 Å². The minimum absolute atomic E-state index is 0.136. The van der Waals surface area contributed by atoms with Crippen molar-refractivity contribution in [3.63, 3.8) is 0 Å². The van der Waals surface area contributed by atoms with E-state index in [4.69, 9.17) is 22.1 Å². The highest BCUT2D eigenvalue weighted by molar-refractivity contribution is 7.13. The van der Waals surface area contributed by atoms with E-state index in [9.17, 15) is 14.4 Å². The molecule has 9 heteroatoms. The lowest BCUT2D eigenvalue weighted by atomic mass is 9.97. The number of hydrogen-bond donors (Lipinski definition) is 1. The number of halogens is 1. The van der Waals surface area contributed by atoms with Gasteiger partial charge in [-0.05, 0) is 25.0 Å². The zero-order chi connectivity index (χ0) is 19.4. The number of esters is 1. The highest BCUT2D eigenvalue weighted by Crippen LogP contribution is 2.26. The van der Waals surface area contributed by atoms with Crippen molar-refractivity contribution in [1.82, 2.24) is 9.88 Å². The summed E-state index contributed by atoms with van der Waals surface area (Å²) in [5.41, 5.74) is 6.24. The largest absolute Gasteiger partial charge is 0.451 e. The summed E-state index contributed by atoms with van der Waals surface area (Å²) in [6.07, 6.45) is 1.37. The van der Waals surface area contributed by atoms with Crippen molar-refractivity contribution < 1.29 is 19.1 Å². The van der Waals surface area contributed by atoms with Gasteiger partial charge >= 0.3 is 5.97 Å². The number of thiazole rings is 1. The number of likely N-dealkylation sites (tertiary alicyclic amines) is 1. The maximum Gasteiger partial charge on any atom is 0.358 e. The van der Waals surface area contributed by atoms with Crippen molar-refractivity contribution in [3.05, 3.63) is 40.4 Å². The number of rotatable bonds is 5. The van der Waals surface area contributed by atoms with E-state index >= 15 is 0 Å². The first-order valence-corrected chi connectivity index (χ1v) is 9.65. The molecular formula is C18H18ClN3O4S. The van der Waals surface area contributed by atoms with Crippen molar-refractivity contribution in [1.29, 1.82) is 0 Å². The minimum atomic E-state index is -0.670. The molecule has 1 aromatic heterocycles. The van der Waals surface area contributed by atoms with Crippen LogP contribution in [0.2, 0.25) is 5.02 Å². The molecule has 7 nitrogen and oxygen atoms in total. The van der Waals surface area contributed by atoms with Crippen LogP contribution in [-0.4, -0.2) is 47.4 Å². The van der Waals surface area contributed by atoms with Gasteiger partial charge in [-0.1, -0.05) is 23.7 Å². The number of aromatic nitrogens is 1. The molecule has 1 saturated heterocycles. The van der Waals surface area contributed by atoms with E-state index in [-0.39, 0.29) is 24.1 Å². The molecule has 0 spiro atoms. The smallest absolute Gasteiger partial charge is 0.358 e. The molecule has 27 heavy (non-hydrogen) atoms. The van der Waals surface area contributed by atoms with Crippen LogP contribution in [0.5, 0.6) is 0 Å². The Hall–Kier alpha value is -2.45. The van der Waals surface area contributed by atoms with E-state index < -0.39 is 18.5 Å². The number of ether oxygens (including phenoxy) is 1. The fraction of sp³-hybridized carbons (Fsp3) is 0.333. The van der Waals surface area contributed by atoms with Gasteiger partial charge in [-0.25, -0.2) is 9.78 Å². The Labute approximate surface area is 165 Å². The first kappa shape index (κ1) is 19.3. The second-order valence-electron chi connectivity index (χ2n) is 6.21. The van der Waals surface area contributed by atoms with Crippen molar-refractivity contribution in [2.75, 3.05) is 19.7 Å². The predicted octanol–water partition coefficient (Wildman–Crippen LogP) is 2.34. The van der Waals surface area contributed by atoms with Crippen molar-refractivity contribution in [3.8, 4) is 10.6 Å². The summed E-state index contributed by atoms with van der Waals surface area (Å²) in [6, 6.07) is 7.15. The number of piperidine rings is 1. The van der Waals surface area contributed by atoms with Crippen LogP contribution in [0.1, 0.15) is 23.3 Å². The van der Waals surface area contributed by atoms with Gasteiger partial charge in [0.05, 0.1) is 5.92 Å². The predicted molar refractivity (Wildman–Crippen MR) is 101 cm³/mol. The second-order valence-corrected chi connectivity index (χ2v) is 7.50. The molecule has 3 rings (SSSR count). The highest BCUT2D eigenvalue weighted by Gasteiger charge is 2.27. The Kier molecular flexibility index (Phi) is 6.08. The number of nitrogens with two attached hydrogens (primary N) is 1. The molecule has 1 fully saturated rings. The number of carbonyl (C=O) groups excluding carboxylic acids is 3. The van der Waals surface area contributed by atoms with Crippen molar-refractivity contribution in [2.45, 2.75) is 12.8 Å². The number of hydrogen-bond acceptors (Lipinski definition) is 6. The number of nitrogens with zero attached hydrogens (tertiary/aromatic N) is 2. The van der Waals surface area contributed by atoms with Crippen molar-refractivity contribution in [2.24, 2.45) is 11.7 Å². The third kappa shape index (κ3) is 4.84. The Morgan fingerprint density at radius 3 is 2.93 bits per heavy atom. The fourth-order valence-corrected chi connectivity index (χ4v) is 3.83. The van der Waals surface area contributed by atoms with Gasteiger partial charge in [0, 0.05) is 29.1 Å². The van der Waals surface area contributed by atoms with Crippen LogP contribution in [0.15, 0.2) is 29.6 Å². The van der Waals surface area contributed by atoms with Crippen LogP contribution in [0, 0.1) is 5.92 Å². The first-order chi connectivity index (χ1) is 12.9. The molecule has 0 saturated carbocycles. The molecule has 0 aliphatic carbocycles. The van der Waals surface area contributed by atoms with Gasteiger partial charge < -0.3 is 15.4 Å². The summed E-state index contributed by atoms with van der Waals surface area (Å²) in [6.45, 7) is 0.394. The van der Waals surface area contributed by atoms with E-state index in [0.29, 0.717) is 29.4 Å². The van der Waals surface area contributed by atoms with Crippen LogP contribution in [0.25, 0.3) is 10.6 Å². The zero-order valence-electron chi connectivity index (χ0n) is 14.4. The number of amides is 2. The molecule has 142 valence electrons. The average Bonchev–Trinajstić information content (AvgIpc) is 3.16. The fourth-order valence-electron chi connectivity index (χ4n) is 2.85. The van der Waals surface area contributed by atoms with Crippen LogP contribution >= 0.6 is 22.9 Å². The monoisotopic (exact) mass is 407 g/mol. The summed E-state index contributed by atoms with van der Waals surface area (Å²) < 4.78 is 5.08. The molecule has 0 bridgehead atoms. The van der Waals surface area contributed by atoms with Crippen LogP contribution in [0.3, 0.4) is 0 Å². The van der Waals surface area contributed by atoms with Crippen molar-refractivity contribution >= 4 is 40.7 Å². The molecule has 1 aromatic carbocycles. The number of primary amides is 1. The van der Waals surface area contributed by atoms with Gasteiger partial charge in [-0.15, -0.1) is 11.3 Å². The van der Waals surface area contributed by atoms with Crippen LogP contribution < -0.4 is 5.73 Å². The lowest BCUT2D eigenvalue weighted by Crippen LogP contribution is -2.45. The third-order valence-electron chi connectivity index (χ3n) is 4.29. The lowest BCUT2D eigenvalue weighted by molar-refractivity contribution is -0.137. The minimum Gasteiger partial charge on any atom is -0.451 e. The Balaban J connectivity index is 1.56. The SMILES string of the molecule is NC(=O)[C@@H]1CCCN(C(=O)COC(=O)c2csc(-c3cccc(Cl)c3)n2)C1. The average molecular weight is 408 g/mol. The summed E-state index contributed by atoms with van der Waals surface area (Å²) in [7, 11) is 0. The quantitative estimate of drug-likeness (QED) is 0.766. The van der Waals surface area contributed by atoms with Gasteiger partial charge in [0.2, 0.25) is 5.91 Å². The van der Waals surface area contributed by atoms with E-state index in [1.54, 1.807) is 23.6 Å². The standard InChI is InChI=1S/C18H18ClN3O4S/c19-13-5-1-3-11(7-13)17-21-14(10-27-17)18(25)26-9-15(23)22-6-2-4-12(8-22)16(20)24/h1,3,5,7,10,12H,2,4,6,8-9H2,(H2,20,24)/t12-/m1/s1. The first-order valence-electron chi connectivity index (χ1n) is 8.39. The molecule has 0 radical (unpaired) electrons. The Morgan fingerprint density at radius 1 is 1.37 bits per heavy atom. The topological polar surface area (TPSA) is 103 Å². The number of carbonyl (C=O) groups is 3. The van der Waals surface area contributed by atoms with Crippen LogP contribution in [-0.2, 0) is 14.3 Å². The summed E-state index contributed by atoms with van der Waals surface area (Å²) >= 11 is 7.25. The normalized spacial score (nSPS) is 16.8. The number of benzene rings is 1. The molecule has 2 amide bonds. The summed E-state index contributed by atoms with van der Waals surface area (Å²) in [5.74, 6) is -1.78. The van der Waals surface area contributed by atoms with E-state index in [1.807, 2.05) is 6.07 Å². The second kappa shape index (κ2) is 8.49. The summed E-state index contributed by atoms with van der Waals surface area (Å²) in [4.78, 5) is 41.4. The molecule has 1 atom stereocenters. The Bertz CT molecular complexity index is 870. The maximum atomic E-state index is 12.2. The van der Waals surface area contributed by atoms with Gasteiger partial charge in [-0.3, -0.25) is 9.59 Å². The third-order valence-corrected chi connectivity index (χ3v) is 5.41. The molecule has 1 aliphatic rings. The molecule has 0 unspecified atom stereocenters. The lowest BCUT2D eigenvalue weighted by Gasteiger charge is -2.30. The maximum absolute atomic E-state index is 12.2. The van der Waals surface area contributed by atoms with Gasteiger partial charge in [0.25, 0.3) is 5.91 Å². The van der Waals surface area contributed by atoms with Gasteiger partial charge in [-0.2, -0.15) is 0 Å². The van der Waals surface area contributed by atoms with Crippen LogP contribution in [0.4, 0.5) is 0 Å². The Morgan fingerprint density at radius 2 is 2.19 bits per heavy atom.